The number of rotatable bonds is 0. The largest absolute Gasteiger partial charge is 0.435 e. The van der Waals surface area contributed by atoms with Gasteiger partial charge in [-0.25, -0.2) is 4.98 Å². The second-order valence-corrected chi connectivity index (χ2v) is 6.73. The second-order valence-electron chi connectivity index (χ2n) is 5.07. The Hall–Kier alpha value is -1.24. The van der Waals surface area contributed by atoms with Crippen LogP contribution >= 0.6 is 22.9 Å². The number of thiophene rings is 1. The van der Waals surface area contributed by atoms with Crippen LogP contribution in [0.5, 0.6) is 0 Å². The Morgan fingerprint density at radius 2 is 2.06 bits per heavy atom. The lowest BCUT2D eigenvalue weighted by molar-refractivity contribution is 0.514. The van der Waals surface area contributed by atoms with Crippen molar-refractivity contribution in [1.82, 2.24) is 4.98 Å². The zero-order chi connectivity index (χ0) is 13.3. The van der Waals surface area contributed by atoms with Gasteiger partial charge in [0.15, 0.2) is 0 Å². The Balaban J connectivity index is 2.31. The summed E-state index contributed by atoms with van der Waals surface area (Å²) in [5.74, 6) is 7.07. The molecule has 2 aromatic rings. The quantitative estimate of drug-likeness (QED) is 0.668. The summed E-state index contributed by atoms with van der Waals surface area (Å²) in [4.78, 5) is 5.26. The molecular formula is C14H14ClNOS. The molecule has 18 heavy (non-hydrogen) atoms. The molecule has 0 amide bonds. The molecule has 2 aromatic heterocycles. The van der Waals surface area contributed by atoms with Crippen molar-refractivity contribution >= 4 is 22.9 Å². The Kier molecular flexibility index (Phi) is 3.52. The third-order valence-electron chi connectivity index (χ3n) is 2.35. The fourth-order valence-corrected chi connectivity index (χ4v) is 2.60. The molecule has 0 N–H and O–H groups in total. The number of oxazole rings is 1. The van der Waals surface area contributed by atoms with Crippen molar-refractivity contribution in [2.24, 2.45) is 0 Å². The average Bonchev–Trinajstić information content (AvgIpc) is 2.81. The maximum absolute atomic E-state index is 6.19. The third-order valence-corrected chi connectivity index (χ3v) is 4.14. The highest BCUT2D eigenvalue weighted by Gasteiger charge is 2.18. The Morgan fingerprint density at radius 1 is 1.33 bits per heavy atom. The van der Waals surface area contributed by atoms with Gasteiger partial charge in [-0.3, -0.25) is 0 Å². The van der Waals surface area contributed by atoms with Crippen LogP contribution < -0.4 is 0 Å². The first kappa shape index (κ1) is 13.2. The molecular weight excluding hydrogens is 266 g/mol. The summed E-state index contributed by atoms with van der Waals surface area (Å²) in [6.07, 6.45) is 1.65. The van der Waals surface area contributed by atoms with Crippen LogP contribution in [0.4, 0.5) is 0 Å². The van der Waals surface area contributed by atoms with Gasteiger partial charge in [-0.15, -0.1) is 11.3 Å². The number of aryl methyl sites for hydroxylation is 1. The lowest BCUT2D eigenvalue weighted by Crippen LogP contribution is -2.07. The molecule has 0 aliphatic rings. The molecule has 0 fully saturated rings. The zero-order valence-corrected chi connectivity index (χ0v) is 12.4. The molecule has 4 heteroatoms. The molecule has 2 rings (SSSR count). The van der Waals surface area contributed by atoms with E-state index in [1.54, 1.807) is 17.5 Å². The smallest absolute Gasteiger partial charge is 0.273 e. The van der Waals surface area contributed by atoms with Gasteiger partial charge < -0.3 is 4.42 Å². The van der Waals surface area contributed by atoms with Crippen LogP contribution in [0.2, 0.25) is 4.34 Å². The van der Waals surface area contributed by atoms with Crippen molar-refractivity contribution in [3.05, 3.63) is 38.7 Å². The summed E-state index contributed by atoms with van der Waals surface area (Å²) in [5.41, 5.74) is 0.927. The molecule has 94 valence electrons. The van der Waals surface area contributed by atoms with E-state index in [1.807, 2.05) is 13.0 Å². The first-order valence-electron chi connectivity index (χ1n) is 5.60. The molecule has 0 saturated carbocycles. The molecule has 0 aromatic carbocycles. The molecule has 0 spiro atoms. The van der Waals surface area contributed by atoms with Gasteiger partial charge in [-0.1, -0.05) is 38.3 Å². The van der Waals surface area contributed by atoms with Gasteiger partial charge >= 0.3 is 0 Å². The first-order valence-corrected chi connectivity index (χ1v) is 6.80. The van der Waals surface area contributed by atoms with Gasteiger partial charge in [-0.2, -0.15) is 0 Å². The summed E-state index contributed by atoms with van der Waals surface area (Å²) < 4.78 is 6.01. The van der Waals surface area contributed by atoms with Gasteiger partial charge in [-0.05, 0) is 24.3 Å². The number of halogens is 1. The fraction of sp³-hybridized carbons (Fsp3) is 0.357. The van der Waals surface area contributed by atoms with E-state index in [2.05, 4.69) is 37.6 Å². The van der Waals surface area contributed by atoms with Crippen molar-refractivity contribution < 1.29 is 4.42 Å². The van der Waals surface area contributed by atoms with Crippen LogP contribution in [0.25, 0.3) is 0 Å². The molecule has 0 aliphatic carbocycles. The summed E-state index contributed by atoms with van der Waals surface area (Å²) in [6.45, 7) is 8.31. The van der Waals surface area contributed by atoms with E-state index in [-0.39, 0.29) is 5.41 Å². The highest BCUT2D eigenvalue weighted by atomic mass is 35.5. The molecule has 0 unspecified atom stereocenters. The third kappa shape index (κ3) is 2.95. The monoisotopic (exact) mass is 279 g/mol. The lowest BCUT2D eigenvalue weighted by atomic mass is 9.94. The predicted molar refractivity (Wildman–Crippen MR) is 75.2 cm³/mol. The normalized spacial score (nSPS) is 11.2. The maximum Gasteiger partial charge on any atom is 0.273 e. The minimum Gasteiger partial charge on any atom is -0.435 e. The van der Waals surface area contributed by atoms with Crippen LogP contribution in [-0.4, -0.2) is 4.98 Å². The van der Waals surface area contributed by atoms with Crippen LogP contribution in [0.1, 0.15) is 42.9 Å². The van der Waals surface area contributed by atoms with Crippen LogP contribution in [0.3, 0.4) is 0 Å². The molecule has 0 atom stereocenters. The van der Waals surface area contributed by atoms with E-state index < -0.39 is 0 Å². The van der Waals surface area contributed by atoms with E-state index in [0.717, 1.165) is 15.7 Å². The minimum atomic E-state index is 0.0910. The Morgan fingerprint density at radius 3 is 2.56 bits per heavy atom. The SMILES string of the molecule is Cc1cnc(C#Cc2cc(C(C)(C)C)sc2Cl)o1. The van der Waals surface area contributed by atoms with E-state index in [0.29, 0.717) is 5.89 Å². The maximum atomic E-state index is 6.19. The summed E-state index contributed by atoms with van der Waals surface area (Å²) >= 11 is 7.76. The molecule has 2 nitrogen and oxygen atoms in total. The van der Waals surface area contributed by atoms with Gasteiger partial charge in [0, 0.05) is 4.88 Å². The van der Waals surface area contributed by atoms with E-state index in [4.69, 9.17) is 16.0 Å². The van der Waals surface area contributed by atoms with E-state index in [9.17, 15) is 0 Å². The van der Waals surface area contributed by atoms with Crippen molar-refractivity contribution in [2.75, 3.05) is 0 Å². The van der Waals surface area contributed by atoms with E-state index >= 15 is 0 Å². The zero-order valence-electron chi connectivity index (χ0n) is 10.8. The minimum absolute atomic E-state index is 0.0910. The Bertz CT molecular complexity index is 622. The molecule has 0 saturated heterocycles. The summed E-state index contributed by atoms with van der Waals surface area (Å²) in [6, 6.07) is 2.04. The van der Waals surface area contributed by atoms with Gasteiger partial charge in [0.2, 0.25) is 0 Å². The molecule has 0 radical (unpaired) electrons. The highest BCUT2D eigenvalue weighted by molar-refractivity contribution is 7.16. The Labute approximate surface area is 116 Å². The fourth-order valence-electron chi connectivity index (χ4n) is 1.36. The lowest BCUT2D eigenvalue weighted by Gasteiger charge is -2.14. The standard InChI is InChI=1S/C14H14ClNOS/c1-9-8-16-12(17-9)6-5-10-7-11(14(2,3)4)18-13(10)15/h7-8H,1-4H3. The summed E-state index contributed by atoms with van der Waals surface area (Å²) in [7, 11) is 0. The highest BCUT2D eigenvalue weighted by Crippen LogP contribution is 2.35. The molecule has 0 aliphatic heterocycles. The van der Waals surface area contributed by atoms with Crippen molar-refractivity contribution in [2.45, 2.75) is 33.1 Å². The summed E-state index contributed by atoms with van der Waals surface area (Å²) in [5, 5.41) is 0. The van der Waals surface area contributed by atoms with E-state index in [1.165, 1.54) is 4.88 Å². The number of hydrogen-bond donors (Lipinski definition) is 0. The second kappa shape index (κ2) is 4.79. The van der Waals surface area contributed by atoms with Crippen LogP contribution in [-0.2, 0) is 5.41 Å². The van der Waals surface area contributed by atoms with Gasteiger partial charge in [0.05, 0.1) is 11.8 Å². The molecule has 2 heterocycles. The topological polar surface area (TPSA) is 26.0 Å². The van der Waals surface area contributed by atoms with Gasteiger partial charge in [0.1, 0.15) is 10.1 Å². The number of hydrogen-bond acceptors (Lipinski definition) is 3. The number of nitrogens with zero attached hydrogens (tertiary/aromatic N) is 1. The average molecular weight is 280 g/mol. The van der Waals surface area contributed by atoms with Crippen LogP contribution in [0.15, 0.2) is 16.7 Å². The number of aromatic nitrogens is 1. The first-order chi connectivity index (χ1) is 8.36. The van der Waals surface area contributed by atoms with Crippen molar-refractivity contribution in [1.29, 1.82) is 0 Å². The van der Waals surface area contributed by atoms with Crippen molar-refractivity contribution in [3.8, 4) is 11.8 Å². The van der Waals surface area contributed by atoms with Crippen molar-refractivity contribution in [3.63, 3.8) is 0 Å². The van der Waals surface area contributed by atoms with Crippen LogP contribution in [0, 0.1) is 18.8 Å². The molecule has 0 bridgehead atoms. The van der Waals surface area contributed by atoms with Gasteiger partial charge in [0.25, 0.3) is 5.89 Å². The predicted octanol–water partition coefficient (Wildman–Crippen LogP) is 4.40.